The molecule has 3 N–H and O–H groups in total. The Morgan fingerprint density at radius 3 is 2.54 bits per heavy atom. The molecule has 41 heavy (non-hydrogen) atoms. The number of halogens is 1. The van der Waals surface area contributed by atoms with Crippen LogP contribution in [0.2, 0.25) is 0 Å². The van der Waals surface area contributed by atoms with Crippen molar-refractivity contribution < 1.29 is 4.39 Å². The molecule has 6 aromatic rings. The number of allylic oxidation sites excluding steroid dienone is 4. The van der Waals surface area contributed by atoms with Gasteiger partial charge in [0.05, 0.1) is 16.9 Å². The SMILES string of the molecule is C=C/C(=C\C(=C/C)c1ccc2[nH]nc(-c3cc4c(-c5cccc(F)c5)cccc4[nH]3)c2n1)NC(=C)c1ccccc1. The molecule has 6 heteroatoms. The zero-order valence-electron chi connectivity index (χ0n) is 22.6. The smallest absolute Gasteiger partial charge is 0.135 e. The van der Waals surface area contributed by atoms with Crippen molar-refractivity contribution in [1.29, 1.82) is 0 Å². The number of hydrogen-bond acceptors (Lipinski definition) is 3. The first kappa shape index (κ1) is 25.8. The van der Waals surface area contributed by atoms with E-state index in [1.54, 1.807) is 18.2 Å². The minimum atomic E-state index is -0.265. The van der Waals surface area contributed by atoms with Gasteiger partial charge in [-0.25, -0.2) is 9.37 Å². The van der Waals surface area contributed by atoms with Crippen molar-refractivity contribution in [2.24, 2.45) is 0 Å². The molecule has 0 bridgehead atoms. The predicted molar refractivity (Wildman–Crippen MR) is 167 cm³/mol. The van der Waals surface area contributed by atoms with Crippen molar-refractivity contribution >= 4 is 33.2 Å². The van der Waals surface area contributed by atoms with Crippen molar-refractivity contribution in [3.8, 4) is 22.5 Å². The van der Waals surface area contributed by atoms with Gasteiger partial charge in [0.25, 0.3) is 0 Å². The highest BCUT2D eigenvalue weighted by Gasteiger charge is 2.16. The fraction of sp³-hybridized carbons (Fsp3) is 0.0286. The summed E-state index contributed by atoms with van der Waals surface area (Å²) >= 11 is 0. The maximum absolute atomic E-state index is 14.0. The third-order valence-electron chi connectivity index (χ3n) is 7.02. The van der Waals surface area contributed by atoms with E-state index in [1.807, 2.05) is 91.9 Å². The molecule has 6 rings (SSSR count). The van der Waals surface area contributed by atoms with Gasteiger partial charge in [0.1, 0.15) is 17.0 Å². The minimum absolute atomic E-state index is 0.265. The van der Waals surface area contributed by atoms with Gasteiger partial charge in [-0.1, -0.05) is 73.8 Å². The van der Waals surface area contributed by atoms with Crippen LogP contribution in [0.1, 0.15) is 18.2 Å². The molecule has 0 unspecified atom stereocenters. The molecule has 0 radical (unpaired) electrons. The second kappa shape index (κ2) is 10.9. The van der Waals surface area contributed by atoms with Crippen molar-refractivity contribution in [2.75, 3.05) is 0 Å². The normalized spacial score (nSPS) is 12.1. The Kier molecular flexibility index (Phi) is 6.88. The highest BCUT2D eigenvalue weighted by molar-refractivity contribution is 6.00. The lowest BCUT2D eigenvalue weighted by Crippen LogP contribution is -2.09. The summed E-state index contributed by atoms with van der Waals surface area (Å²) in [6.45, 7) is 10.1. The molecule has 200 valence electrons. The second-order valence-electron chi connectivity index (χ2n) is 9.64. The summed E-state index contributed by atoms with van der Waals surface area (Å²) < 4.78 is 14.0. The molecule has 0 aliphatic carbocycles. The van der Waals surface area contributed by atoms with Gasteiger partial charge in [-0.2, -0.15) is 5.10 Å². The standard InChI is InChI=1S/C35H28FN5/c1-4-23(20-27(5-2)37-22(3)24-11-7-6-8-12-24)30-17-18-32-34(39-30)35(41-40-32)33-21-29-28(15-10-16-31(29)38-33)25-13-9-14-26(36)19-25/h4-21,37-38H,2-3H2,1H3,(H,40,41)/b23-4+,27-20+. The van der Waals surface area contributed by atoms with Gasteiger partial charge in [-0.05, 0) is 77.7 Å². The number of nitrogens with zero attached hydrogens (tertiary/aromatic N) is 2. The van der Waals surface area contributed by atoms with Crippen LogP contribution < -0.4 is 5.32 Å². The van der Waals surface area contributed by atoms with Crippen LogP contribution in [0.5, 0.6) is 0 Å². The van der Waals surface area contributed by atoms with Gasteiger partial charge in [0, 0.05) is 22.3 Å². The molecule has 0 saturated heterocycles. The quantitative estimate of drug-likeness (QED) is 0.170. The minimum Gasteiger partial charge on any atom is -0.356 e. The van der Waals surface area contributed by atoms with Crippen LogP contribution in [0, 0.1) is 5.82 Å². The maximum atomic E-state index is 14.0. The molecule has 3 aromatic carbocycles. The van der Waals surface area contributed by atoms with Crippen LogP contribution in [0.4, 0.5) is 4.39 Å². The largest absolute Gasteiger partial charge is 0.356 e. The summed E-state index contributed by atoms with van der Waals surface area (Å²) in [5.74, 6) is -0.265. The summed E-state index contributed by atoms with van der Waals surface area (Å²) in [5, 5.41) is 12.0. The Hall–Kier alpha value is -5.49. The van der Waals surface area contributed by atoms with E-state index in [0.717, 1.165) is 67.0 Å². The Labute approximate surface area is 237 Å². The van der Waals surface area contributed by atoms with E-state index in [4.69, 9.17) is 4.98 Å². The molecule has 0 atom stereocenters. The number of aromatic nitrogens is 4. The Morgan fingerprint density at radius 1 is 0.927 bits per heavy atom. The third kappa shape index (κ3) is 5.11. The molecule has 3 aromatic heterocycles. The fourth-order valence-electron chi connectivity index (χ4n) is 4.94. The van der Waals surface area contributed by atoms with Crippen LogP contribution in [-0.4, -0.2) is 20.2 Å². The van der Waals surface area contributed by atoms with Gasteiger partial charge < -0.3 is 10.3 Å². The zero-order chi connectivity index (χ0) is 28.3. The Morgan fingerprint density at radius 2 is 1.76 bits per heavy atom. The molecule has 0 amide bonds. The molecule has 0 fully saturated rings. The topological polar surface area (TPSA) is 69.4 Å². The van der Waals surface area contributed by atoms with Crippen LogP contribution >= 0.6 is 0 Å². The maximum Gasteiger partial charge on any atom is 0.135 e. The Bertz CT molecular complexity index is 1970. The first-order valence-electron chi connectivity index (χ1n) is 13.3. The second-order valence-corrected chi connectivity index (χ2v) is 9.64. The van der Waals surface area contributed by atoms with Gasteiger partial charge in [0.2, 0.25) is 0 Å². The van der Waals surface area contributed by atoms with E-state index in [-0.39, 0.29) is 5.82 Å². The van der Waals surface area contributed by atoms with Gasteiger partial charge in [0.15, 0.2) is 0 Å². The van der Waals surface area contributed by atoms with E-state index in [1.165, 1.54) is 6.07 Å². The van der Waals surface area contributed by atoms with Crippen LogP contribution in [-0.2, 0) is 0 Å². The van der Waals surface area contributed by atoms with Crippen LogP contribution in [0.25, 0.3) is 55.7 Å². The number of rotatable bonds is 8. The fourth-order valence-corrected chi connectivity index (χ4v) is 4.94. The third-order valence-corrected chi connectivity index (χ3v) is 7.02. The average Bonchev–Trinajstić information content (AvgIpc) is 3.63. The molecule has 5 nitrogen and oxygen atoms in total. The zero-order valence-corrected chi connectivity index (χ0v) is 22.6. The van der Waals surface area contributed by atoms with Crippen LogP contribution in [0.3, 0.4) is 0 Å². The van der Waals surface area contributed by atoms with Crippen LogP contribution in [0.15, 0.2) is 128 Å². The van der Waals surface area contributed by atoms with Crippen molar-refractivity contribution in [1.82, 2.24) is 25.5 Å². The molecular weight excluding hydrogens is 509 g/mol. The Balaban J connectivity index is 1.36. The monoisotopic (exact) mass is 537 g/mol. The van der Waals surface area contributed by atoms with Crippen molar-refractivity contribution in [2.45, 2.75) is 6.92 Å². The molecule has 0 saturated carbocycles. The van der Waals surface area contributed by atoms with E-state index in [2.05, 4.69) is 33.7 Å². The summed E-state index contributed by atoms with van der Waals surface area (Å²) in [5.41, 5.74) is 10.1. The molecule has 0 spiro atoms. The first-order valence-corrected chi connectivity index (χ1v) is 13.3. The molecule has 0 aliphatic rings. The first-order chi connectivity index (χ1) is 20.0. The van der Waals surface area contributed by atoms with Gasteiger partial charge >= 0.3 is 0 Å². The number of H-pyrrole nitrogens is 2. The van der Waals surface area contributed by atoms with Gasteiger partial charge in [-0.15, -0.1) is 0 Å². The molecule has 3 heterocycles. The lowest BCUT2D eigenvalue weighted by molar-refractivity contribution is 0.628. The molecular formula is C35H28FN5. The number of benzene rings is 3. The summed E-state index contributed by atoms with van der Waals surface area (Å²) in [4.78, 5) is 8.49. The number of fused-ring (bicyclic) bond motifs is 2. The van der Waals surface area contributed by atoms with Crippen molar-refractivity contribution in [3.63, 3.8) is 0 Å². The number of aromatic amines is 2. The number of hydrogen-bond donors (Lipinski definition) is 3. The van der Waals surface area contributed by atoms with Gasteiger partial charge in [-0.3, -0.25) is 5.10 Å². The summed E-state index contributed by atoms with van der Waals surface area (Å²) in [7, 11) is 0. The van der Waals surface area contributed by atoms with E-state index in [9.17, 15) is 4.39 Å². The van der Waals surface area contributed by atoms with E-state index >= 15 is 0 Å². The highest BCUT2D eigenvalue weighted by atomic mass is 19.1. The number of pyridine rings is 1. The van der Waals surface area contributed by atoms with Crippen molar-refractivity contribution in [3.05, 3.63) is 145 Å². The molecule has 0 aliphatic heterocycles. The summed E-state index contributed by atoms with van der Waals surface area (Å²) in [6.07, 6.45) is 5.78. The lowest BCUT2D eigenvalue weighted by Gasteiger charge is -2.12. The lowest BCUT2D eigenvalue weighted by atomic mass is 10.0. The number of nitrogens with one attached hydrogen (secondary N) is 3. The summed E-state index contributed by atoms with van der Waals surface area (Å²) in [6, 6.07) is 28.5. The predicted octanol–water partition coefficient (Wildman–Crippen LogP) is 8.65. The average molecular weight is 538 g/mol. The van der Waals surface area contributed by atoms with E-state index in [0.29, 0.717) is 5.69 Å². The van der Waals surface area contributed by atoms with E-state index < -0.39 is 0 Å². The highest BCUT2D eigenvalue weighted by Crippen LogP contribution is 2.34.